The lowest BCUT2D eigenvalue weighted by molar-refractivity contribution is -0.116. The first-order valence-corrected chi connectivity index (χ1v) is 9.78. The van der Waals surface area contributed by atoms with Crippen molar-refractivity contribution in [1.82, 2.24) is 5.32 Å². The summed E-state index contributed by atoms with van der Waals surface area (Å²) in [4.78, 5) is 12.0. The van der Waals surface area contributed by atoms with Gasteiger partial charge in [-0.15, -0.1) is 0 Å². The number of benzene rings is 2. The molecule has 1 N–H and O–H groups in total. The predicted octanol–water partition coefficient (Wildman–Crippen LogP) is 2.46. The van der Waals surface area contributed by atoms with Gasteiger partial charge in [0.15, 0.2) is 0 Å². The summed E-state index contributed by atoms with van der Waals surface area (Å²) in [7, 11) is -2.36. The number of amides is 1. The summed E-state index contributed by atoms with van der Waals surface area (Å²) in [6.07, 6.45) is 3.11. The summed E-state index contributed by atoms with van der Waals surface area (Å²) in [5.41, 5.74) is 2.65. The lowest BCUT2D eigenvalue weighted by atomic mass is 10.1. The minimum atomic E-state index is -3.77. The van der Waals surface area contributed by atoms with E-state index in [1.165, 1.54) is 31.3 Å². The number of nitrogens with one attached hydrogen (secondary N) is 1. The minimum absolute atomic E-state index is 0.00702. The molecule has 1 aliphatic rings. The number of hydrogen-bond acceptors (Lipinski definition) is 3. The van der Waals surface area contributed by atoms with E-state index in [9.17, 15) is 17.6 Å². The molecule has 6 nitrogen and oxygen atoms in total. The molecule has 27 heavy (non-hydrogen) atoms. The van der Waals surface area contributed by atoms with E-state index in [0.29, 0.717) is 5.69 Å². The molecular formula is C19H20FN3O3S. The van der Waals surface area contributed by atoms with Gasteiger partial charge in [0.2, 0.25) is 5.91 Å². The zero-order valence-corrected chi connectivity index (χ0v) is 15.8. The van der Waals surface area contributed by atoms with Gasteiger partial charge in [-0.05, 0) is 36.3 Å². The fourth-order valence-electron chi connectivity index (χ4n) is 2.87. The number of fused-ring (bicyclic) bond motifs is 1. The van der Waals surface area contributed by atoms with Crippen molar-refractivity contribution in [3.05, 3.63) is 65.5 Å². The monoisotopic (exact) mass is 389 g/mol. The first-order valence-electron chi connectivity index (χ1n) is 8.38. The van der Waals surface area contributed by atoms with Crippen molar-refractivity contribution >= 4 is 33.6 Å². The maximum atomic E-state index is 13.5. The first kappa shape index (κ1) is 18.9. The van der Waals surface area contributed by atoms with Crippen LogP contribution in [0.4, 0.5) is 15.8 Å². The Labute approximate surface area is 158 Å². The molecule has 1 aliphatic heterocycles. The minimum Gasteiger partial charge on any atom is -0.351 e. The van der Waals surface area contributed by atoms with Crippen LogP contribution in [0, 0.1) is 12.7 Å². The third-order valence-electron chi connectivity index (χ3n) is 4.39. The van der Waals surface area contributed by atoms with Crippen LogP contribution in [0.15, 0.2) is 48.5 Å². The average molecular weight is 389 g/mol. The molecule has 0 radical (unpaired) electrons. The van der Waals surface area contributed by atoms with Gasteiger partial charge in [0.25, 0.3) is 0 Å². The third kappa shape index (κ3) is 3.80. The van der Waals surface area contributed by atoms with Crippen LogP contribution in [0.2, 0.25) is 0 Å². The van der Waals surface area contributed by atoms with Crippen molar-refractivity contribution in [2.75, 3.05) is 28.7 Å². The number of nitrogens with zero attached hydrogens (tertiary/aromatic N) is 2. The Morgan fingerprint density at radius 1 is 1.19 bits per heavy atom. The number of carbonyl (C=O) groups excluding carboxylic acids is 1. The van der Waals surface area contributed by atoms with E-state index >= 15 is 0 Å². The maximum Gasteiger partial charge on any atom is 0.326 e. The zero-order valence-electron chi connectivity index (χ0n) is 15.0. The SMILES string of the molecule is Cc1ccccc1/C=C/C(=O)NCCN1c2cc(F)ccc2N(C)S1(=O)=O. The molecule has 2 aromatic carbocycles. The number of rotatable bonds is 5. The van der Waals surface area contributed by atoms with Crippen LogP contribution in [-0.4, -0.2) is 34.5 Å². The fourth-order valence-corrected chi connectivity index (χ4v) is 4.29. The van der Waals surface area contributed by atoms with Gasteiger partial charge in [-0.25, -0.2) is 8.70 Å². The van der Waals surface area contributed by atoms with E-state index < -0.39 is 16.0 Å². The predicted molar refractivity (Wildman–Crippen MR) is 104 cm³/mol. The molecule has 0 fully saturated rings. The molecule has 0 aliphatic carbocycles. The van der Waals surface area contributed by atoms with Gasteiger partial charge in [-0.2, -0.15) is 8.42 Å². The van der Waals surface area contributed by atoms with Gasteiger partial charge in [0, 0.05) is 25.7 Å². The standard InChI is InChI=1S/C19H20FN3O3S/c1-14-5-3-4-6-15(14)7-10-19(24)21-11-12-23-18-13-16(20)8-9-17(18)22(2)27(23,25)26/h3-10,13H,11-12H2,1-2H3,(H,21,24)/b10-7+. The van der Waals surface area contributed by atoms with Gasteiger partial charge < -0.3 is 5.32 Å². The molecule has 0 bridgehead atoms. The number of halogens is 1. The van der Waals surface area contributed by atoms with Crippen LogP contribution < -0.4 is 13.9 Å². The van der Waals surface area contributed by atoms with Crippen molar-refractivity contribution in [2.45, 2.75) is 6.92 Å². The molecule has 0 atom stereocenters. The lowest BCUT2D eigenvalue weighted by Gasteiger charge is -2.19. The zero-order chi connectivity index (χ0) is 19.6. The van der Waals surface area contributed by atoms with Crippen molar-refractivity contribution in [2.24, 2.45) is 0 Å². The number of anilines is 2. The van der Waals surface area contributed by atoms with Gasteiger partial charge >= 0.3 is 10.2 Å². The summed E-state index contributed by atoms with van der Waals surface area (Å²) in [5, 5.41) is 2.65. The Morgan fingerprint density at radius 3 is 2.67 bits per heavy atom. The second-order valence-corrected chi connectivity index (χ2v) is 8.05. The normalized spacial score (nSPS) is 15.2. The van der Waals surface area contributed by atoms with Crippen LogP contribution in [-0.2, 0) is 15.0 Å². The second kappa shape index (κ2) is 7.40. The molecule has 142 valence electrons. The van der Waals surface area contributed by atoms with Gasteiger partial charge in [-0.1, -0.05) is 24.3 Å². The van der Waals surface area contributed by atoms with E-state index in [1.54, 1.807) is 6.08 Å². The molecule has 2 aromatic rings. The fraction of sp³-hybridized carbons (Fsp3) is 0.211. The quantitative estimate of drug-likeness (QED) is 0.799. The highest BCUT2D eigenvalue weighted by Gasteiger charge is 2.37. The van der Waals surface area contributed by atoms with E-state index in [-0.39, 0.29) is 24.7 Å². The van der Waals surface area contributed by atoms with Crippen LogP contribution in [0.1, 0.15) is 11.1 Å². The molecule has 0 spiro atoms. The average Bonchev–Trinajstić information content (AvgIpc) is 2.81. The summed E-state index contributed by atoms with van der Waals surface area (Å²) in [6, 6.07) is 11.5. The topological polar surface area (TPSA) is 69.7 Å². The third-order valence-corrected chi connectivity index (χ3v) is 6.21. The lowest BCUT2D eigenvalue weighted by Crippen LogP contribution is -2.40. The van der Waals surface area contributed by atoms with Crippen molar-refractivity contribution < 1.29 is 17.6 Å². The Hall–Kier alpha value is -2.87. The molecule has 0 saturated carbocycles. The van der Waals surface area contributed by atoms with Crippen LogP contribution in [0.5, 0.6) is 0 Å². The van der Waals surface area contributed by atoms with E-state index in [4.69, 9.17) is 0 Å². The summed E-state index contributed by atoms with van der Waals surface area (Å²) in [5.74, 6) is -0.850. The Kier molecular flexibility index (Phi) is 5.18. The molecule has 1 heterocycles. The highest BCUT2D eigenvalue weighted by Crippen LogP contribution is 2.39. The van der Waals surface area contributed by atoms with Crippen LogP contribution in [0.3, 0.4) is 0 Å². The van der Waals surface area contributed by atoms with E-state index in [0.717, 1.165) is 19.7 Å². The van der Waals surface area contributed by atoms with Crippen LogP contribution in [0.25, 0.3) is 6.08 Å². The summed E-state index contributed by atoms with van der Waals surface area (Å²) >= 11 is 0. The number of hydrogen-bond donors (Lipinski definition) is 1. The second-order valence-electron chi connectivity index (χ2n) is 6.16. The van der Waals surface area contributed by atoms with Gasteiger partial charge in [0.05, 0.1) is 17.9 Å². The molecule has 8 heteroatoms. The smallest absolute Gasteiger partial charge is 0.326 e. The van der Waals surface area contributed by atoms with Crippen molar-refractivity contribution in [1.29, 1.82) is 0 Å². The summed E-state index contributed by atoms with van der Waals surface area (Å²) < 4.78 is 40.7. The number of aryl methyl sites for hydroxylation is 1. The van der Waals surface area contributed by atoms with E-state index in [2.05, 4.69) is 5.32 Å². The molecule has 0 aromatic heterocycles. The number of carbonyl (C=O) groups is 1. The Bertz CT molecular complexity index is 1010. The molecular weight excluding hydrogens is 369 g/mol. The van der Waals surface area contributed by atoms with Gasteiger partial charge in [0.1, 0.15) is 5.82 Å². The van der Waals surface area contributed by atoms with E-state index in [1.807, 2.05) is 31.2 Å². The largest absolute Gasteiger partial charge is 0.351 e. The highest BCUT2D eigenvalue weighted by molar-refractivity contribution is 7.94. The maximum absolute atomic E-state index is 13.5. The van der Waals surface area contributed by atoms with Crippen LogP contribution >= 0.6 is 0 Å². The molecule has 3 rings (SSSR count). The van der Waals surface area contributed by atoms with Crippen molar-refractivity contribution in [3.8, 4) is 0 Å². The molecule has 0 saturated heterocycles. The first-order chi connectivity index (χ1) is 12.8. The molecule has 0 unspecified atom stereocenters. The Morgan fingerprint density at radius 2 is 1.93 bits per heavy atom. The summed E-state index contributed by atoms with van der Waals surface area (Å²) in [6.45, 7) is 2.05. The highest BCUT2D eigenvalue weighted by atomic mass is 32.2. The Balaban J connectivity index is 1.64. The van der Waals surface area contributed by atoms with Gasteiger partial charge in [-0.3, -0.25) is 9.10 Å². The van der Waals surface area contributed by atoms with Crippen molar-refractivity contribution in [3.63, 3.8) is 0 Å². The molecule has 1 amide bonds.